The van der Waals surface area contributed by atoms with Crippen molar-refractivity contribution in [3.05, 3.63) is 81.8 Å². The van der Waals surface area contributed by atoms with E-state index in [-0.39, 0.29) is 23.8 Å². The van der Waals surface area contributed by atoms with Crippen molar-refractivity contribution in [1.82, 2.24) is 0 Å². The van der Waals surface area contributed by atoms with Crippen LogP contribution in [-0.2, 0) is 0 Å². The number of allylic oxidation sites excluding steroid dienone is 2. The number of thioether (sulfide) groups is 1. The lowest BCUT2D eigenvalue weighted by atomic mass is 9.86. The number of carbonyl (C=O) groups excluding carboxylic acids is 3. The van der Waals surface area contributed by atoms with E-state index in [9.17, 15) is 14.4 Å². The predicted octanol–water partition coefficient (Wildman–Crippen LogP) is 4.35. The molecule has 120 valence electrons. The quantitative estimate of drug-likeness (QED) is 0.762. The zero-order valence-electron chi connectivity index (χ0n) is 13.2. The Kier molecular flexibility index (Phi) is 4.76. The molecular weight excluding hydrogens is 320 g/mol. The fourth-order valence-corrected chi connectivity index (χ4v) is 3.62. The van der Waals surface area contributed by atoms with E-state index in [4.69, 9.17) is 0 Å². The van der Waals surface area contributed by atoms with Crippen molar-refractivity contribution in [2.24, 2.45) is 0 Å². The summed E-state index contributed by atoms with van der Waals surface area (Å²) in [4.78, 5) is 38.5. The number of carbonyl (C=O) groups is 3. The maximum absolute atomic E-state index is 12.8. The van der Waals surface area contributed by atoms with Crippen molar-refractivity contribution in [1.29, 1.82) is 0 Å². The summed E-state index contributed by atoms with van der Waals surface area (Å²) in [6.45, 7) is 1.92. The van der Waals surface area contributed by atoms with Gasteiger partial charge in [0.05, 0.1) is 4.91 Å². The minimum absolute atomic E-state index is 0.0503. The molecule has 0 fully saturated rings. The number of hydrogen-bond donors (Lipinski definition) is 0. The number of Topliss-reactive ketones (excluding diaryl/α,β-unsaturated/α-hetero) is 3. The van der Waals surface area contributed by atoms with Crippen LogP contribution in [0.15, 0.2) is 65.1 Å². The van der Waals surface area contributed by atoms with Crippen molar-refractivity contribution in [3.63, 3.8) is 0 Å². The Balaban J connectivity index is 2.02. The van der Waals surface area contributed by atoms with Gasteiger partial charge in [-0.2, -0.15) is 0 Å². The Morgan fingerprint density at radius 1 is 0.875 bits per heavy atom. The van der Waals surface area contributed by atoms with E-state index >= 15 is 0 Å². The summed E-state index contributed by atoms with van der Waals surface area (Å²) in [6.07, 6.45) is -0.0503. The van der Waals surface area contributed by atoms with Crippen molar-refractivity contribution < 1.29 is 14.4 Å². The molecule has 0 amide bonds. The van der Waals surface area contributed by atoms with Crippen LogP contribution >= 0.6 is 11.8 Å². The molecule has 0 atom stereocenters. The van der Waals surface area contributed by atoms with Gasteiger partial charge in [0.15, 0.2) is 11.6 Å². The number of hydrogen-bond acceptors (Lipinski definition) is 4. The highest BCUT2D eigenvalue weighted by Crippen LogP contribution is 2.34. The Labute approximate surface area is 144 Å². The molecule has 2 aromatic rings. The molecule has 0 bridgehead atoms. The van der Waals surface area contributed by atoms with Crippen LogP contribution in [0.5, 0.6) is 0 Å². The SMILES string of the molecule is CCSC1=C(CC(=O)c2ccccc2)C(=O)c2ccccc2C1=O. The summed E-state index contributed by atoms with van der Waals surface area (Å²) in [7, 11) is 0. The zero-order valence-corrected chi connectivity index (χ0v) is 14.1. The summed E-state index contributed by atoms with van der Waals surface area (Å²) < 4.78 is 0. The number of ketones is 3. The van der Waals surface area contributed by atoms with Gasteiger partial charge in [0.1, 0.15) is 0 Å². The minimum atomic E-state index is -0.217. The molecule has 0 aromatic heterocycles. The molecule has 0 saturated carbocycles. The number of fused-ring (bicyclic) bond motifs is 1. The Bertz CT molecular complexity index is 850. The molecule has 3 nitrogen and oxygen atoms in total. The van der Waals surface area contributed by atoms with E-state index in [1.54, 1.807) is 48.5 Å². The van der Waals surface area contributed by atoms with Gasteiger partial charge in [-0.15, -0.1) is 11.8 Å². The molecule has 0 aliphatic heterocycles. The van der Waals surface area contributed by atoms with Gasteiger partial charge in [0, 0.05) is 28.7 Å². The molecule has 0 unspecified atom stereocenters. The molecule has 0 N–H and O–H groups in total. The second-order valence-corrected chi connectivity index (χ2v) is 6.68. The molecule has 1 aliphatic carbocycles. The van der Waals surface area contributed by atoms with Crippen LogP contribution in [0, 0.1) is 0 Å². The maximum Gasteiger partial charge on any atom is 0.200 e. The summed E-state index contributed by atoms with van der Waals surface area (Å²) in [5.74, 6) is 0.137. The first-order valence-corrected chi connectivity index (χ1v) is 8.74. The second-order valence-electron chi connectivity index (χ2n) is 5.41. The Morgan fingerprint density at radius 3 is 2.08 bits per heavy atom. The lowest BCUT2D eigenvalue weighted by Crippen LogP contribution is -2.22. The van der Waals surface area contributed by atoms with Crippen LogP contribution in [0.25, 0.3) is 0 Å². The molecule has 0 radical (unpaired) electrons. The molecule has 3 rings (SSSR count). The van der Waals surface area contributed by atoms with Crippen LogP contribution in [-0.4, -0.2) is 23.1 Å². The molecule has 0 heterocycles. The minimum Gasteiger partial charge on any atom is -0.294 e. The fourth-order valence-electron chi connectivity index (χ4n) is 2.75. The summed E-state index contributed by atoms with van der Waals surface area (Å²) in [6, 6.07) is 15.6. The summed E-state index contributed by atoms with van der Waals surface area (Å²) in [5.41, 5.74) is 1.68. The third-order valence-electron chi connectivity index (χ3n) is 3.89. The van der Waals surface area contributed by atoms with E-state index < -0.39 is 0 Å². The Morgan fingerprint density at radius 2 is 1.46 bits per heavy atom. The van der Waals surface area contributed by atoms with Gasteiger partial charge in [-0.05, 0) is 5.75 Å². The van der Waals surface area contributed by atoms with Crippen LogP contribution in [0.2, 0.25) is 0 Å². The highest BCUT2D eigenvalue weighted by atomic mass is 32.2. The monoisotopic (exact) mass is 336 g/mol. The maximum atomic E-state index is 12.8. The smallest absolute Gasteiger partial charge is 0.200 e. The highest BCUT2D eigenvalue weighted by molar-refractivity contribution is 8.04. The van der Waals surface area contributed by atoms with Gasteiger partial charge < -0.3 is 0 Å². The van der Waals surface area contributed by atoms with Gasteiger partial charge in [-0.25, -0.2) is 0 Å². The average molecular weight is 336 g/mol. The molecule has 24 heavy (non-hydrogen) atoms. The number of benzene rings is 2. The third-order valence-corrected chi connectivity index (χ3v) is 4.90. The molecule has 0 spiro atoms. The van der Waals surface area contributed by atoms with E-state index in [0.717, 1.165) is 0 Å². The largest absolute Gasteiger partial charge is 0.294 e. The van der Waals surface area contributed by atoms with E-state index in [1.807, 2.05) is 13.0 Å². The second kappa shape index (κ2) is 6.97. The van der Waals surface area contributed by atoms with E-state index in [2.05, 4.69) is 0 Å². The average Bonchev–Trinajstić information content (AvgIpc) is 2.63. The van der Waals surface area contributed by atoms with Crippen LogP contribution in [0.3, 0.4) is 0 Å². The predicted molar refractivity (Wildman–Crippen MR) is 95.7 cm³/mol. The normalized spacial score (nSPS) is 13.9. The zero-order chi connectivity index (χ0) is 17.1. The lowest BCUT2D eigenvalue weighted by Gasteiger charge is -2.20. The molecule has 2 aromatic carbocycles. The van der Waals surface area contributed by atoms with Gasteiger partial charge in [-0.3, -0.25) is 14.4 Å². The van der Waals surface area contributed by atoms with Gasteiger partial charge in [-0.1, -0.05) is 61.5 Å². The summed E-state index contributed by atoms with van der Waals surface area (Å²) >= 11 is 1.33. The fraction of sp³-hybridized carbons (Fsp3) is 0.150. The van der Waals surface area contributed by atoms with Crippen LogP contribution in [0.4, 0.5) is 0 Å². The van der Waals surface area contributed by atoms with Crippen molar-refractivity contribution in [2.75, 3.05) is 5.75 Å². The number of rotatable bonds is 5. The van der Waals surface area contributed by atoms with Crippen molar-refractivity contribution in [2.45, 2.75) is 13.3 Å². The first-order chi connectivity index (χ1) is 11.6. The van der Waals surface area contributed by atoms with Crippen LogP contribution < -0.4 is 0 Å². The van der Waals surface area contributed by atoms with E-state index in [1.165, 1.54) is 11.8 Å². The molecule has 0 saturated heterocycles. The van der Waals surface area contributed by atoms with E-state index in [0.29, 0.717) is 32.9 Å². The van der Waals surface area contributed by atoms with Gasteiger partial charge >= 0.3 is 0 Å². The molecule has 1 aliphatic rings. The highest BCUT2D eigenvalue weighted by Gasteiger charge is 2.32. The van der Waals surface area contributed by atoms with Crippen molar-refractivity contribution >= 4 is 29.1 Å². The third kappa shape index (κ3) is 2.97. The summed E-state index contributed by atoms with van der Waals surface area (Å²) in [5, 5.41) is 0. The Hall–Kier alpha value is -2.46. The molecule has 4 heteroatoms. The van der Waals surface area contributed by atoms with Gasteiger partial charge in [0.25, 0.3) is 0 Å². The first-order valence-electron chi connectivity index (χ1n) is 7.76. The van der Waals surface area contributed by atoms with Crippen LogP contribution in [0.1, 0.15) is 44.4 Å². The topological polar surface area (TPSA) is 51.2 Å². The van der Waals surface area contributed by atoms with Gasteiger partial charge in [0.2, 0.25) is 5.78 Å². The molecular formula is C20H16O3S. The standard InChI is InChI=1S/C20H16O3S/c1-2-24-20-16(12-17(21)13-8-4-3-5-9-13)18(22)14-10-6-7-11-15(14)19(20)23/h3-11H,2,12H2,1H3. The lowest BCUT2D eigenvalue weighted by molar-refractivity contribution is 0.0946. The van der Waals surface area contributed by atoms with Crippen molar-refractivity contribution in [3.8, 4) is 0 Å². The first kappa shape index (κ1) is 16.4.